The van der Waals surface area contributed by atoms with E-state index in [0.717, 1.165) is 5.56 Å². The van der Waals surface area contributed by atoms with E-state index >= 15 is 0 Å². The number of phenols is 1. The van der Waals surface area contributed by atoms with Crippen molar-refractivity contribution in [2.45, 2.75) is 39.2 Å². The Morgan fingerprint density at radius 3 is 2.81 bits per heavy atom. The Bertz CT molecular complexity index is 635. The summed E-state index contributed by atoms with van der Waals surface area (Å²) in [6, 6.07) is 7.06. The van der Waals surface area contributed by atoms with E-state index in [1.807, 2.05) is 19.9 Å². The standard InChI is InChI=1S/C15H19N3O3/c1-10(19)17-15(2,3)14-16-13(21-18-14)8-7-11-5-4-6-12(20)9-11/h4-6,9,20H,7-8H2,1-3H3,(H,17,19). The summed E-state index contributed by atoms with van der Waals surface area (Å²) in [5.74, 6) is 1.05. The fourth-order valence-corrected chi connectivity index (χ4v) is 2.07. The Morgan fingerprint density at radius 1 is 1.38 bits per heavy atom. The van der Waals surface area contributed by atoms with Gasteiger partial charge in [0.25, 0.3) is 0 Å². The van der Waals surface area contributed by atoms with Crippen LogP contribution in [0.3, 0.4) is 0 Å². The van der Waals surface area contributed by atoms with E-state index in [4.69, 9.17) is 4.52 Å². The summed E-state index contributed by atoms with van der Waals surface area (Å²) < 4.78 is 5.21. The summed E-state index contributed by atoms with van der Waals surface area (Å²) in [5, 5.41) is 16.1. The molecule has 112 valence electrons. The summed E-state index contributed by atoms with van der Waals surface area (Å²) in [5.41, 5.74) is 0.328. The van der Waals surface area contributed by atoms with Gasteiger partial charge in [-0.2, -0.15) is 4.98 Å². The summed E-state index contributed by atoms with van der Waals surface area (Å²) >= 11 is 0. The molecule has 0 unspecified atom stereocenters. The minimum absolute atomic E-state index is 0.147. The van der Waals surface area contributed by atoms with E-state index in [1.165, 1.54) is 6.92 Å². The van der Waals surface area contributed by atoms with Gasteiger partial charge < -0.3 is 14.9 Å². The first-order valence-corrected chi connectivity index (χ1v) is 6.76. The van der Waals surface area contributed by atoms with Crippen LogP contribution in [0, 0.1) is 0 Å². The van der Waals surface area contributed by atoms with E-state index in [-0.39, 0.29) is 11.7 Å². The first kappa shape index (κ1) is 15.0. The van der Waals surface area contributed by atoms with Crippen molar-refractivity contribution in [3.05, 3.63) is 41.5 Å². The maximum absolute atomic E-state index is 11.2. The second-order valence-electron chi connectivity index (χ2n) is 5.49. The molecular weight excluding hydrogens is 270 g/mol. The normalized spacial score (nSPS) is 11.4. The molecule has 0 saturated heterocycles. The molecule has 0 aliphatic heterocycles. The summed E-state index contributed by atoms with van der Waals surface area (Å²) in [6.07, 6.45) is 1.27. The highest BCUT2D eigenvalue weighted by Crippen LogP contribution is 2.18. The van der Waals surface area contributed by atoms with Crippen molar-refractivity contribution >= 4 is 5.91 Å². The molecule has 1 heterocycles. The molecule has 1 amide bonds. The molecule has 6 heteroatoms. The lowest BCUT2D eigenvalue weighted by Crippen LogP contribution is -2.40. The number of phenolic OH excluding ortho intramolecular Hbond substituents is 1. The van der Waals surface area contributed by atoms with Gasteiger partial charge in [0.2, 0.25) is 11.8 Å². The third-order valence-corrected chi connectivity index (χ3v) is 3.05. The van der Waals surface area contributed by atoms with Crippen molar-refractivity contribution in [2.24, 2.45) is 0 Å². The number of hydrogen-bond acceptors (Lipinski definition) is 5. The molecule has 1 aromatic carbocycles. The van der Waals surface area contributed by atoms with Gasteiger partial charge in [-0.25, -0.2) is 0 Å². The second kappa shape index (κ2) is 5.95. The van der Waals surface area contributed by atoms with Gasteiger partial charge in [-0.3, -0.25) is 4.79 Å². The van der Waals surface area contributed by atoms with Crippen molar-refractivity contribution in [1.29, 1.82) is 0 Å². The van der Waals surface area contributed by atoms with Crippen LogP contribution in [0.4, 0.5) is 0 Å². The van der Waals surface area contributed by atoms with Gasteiger partial charge in [0.1, 0.15) is 5.75 Å². The molecule has 0 bridgehead atoms. The zero-order valence-corrected chi connectivity index (χ0v) is 12.4. The minimum Gasteiger partial charge on any atom is -0.508 e. The van der Waals surface area contributed by atoms with E-state index in [1.54, 1.807) is 18.2 Å². The maximum atomic E-state index is 11.2. The van der Waals surface area contributed by atoms with E-state index in [2.05, 4.69) is 15.5 Å². The van der Waals surface area contributed by atoms with Gasteiger partial charge in [0.05, 0.1) is 5.54 Å². The number of rotatable bonds is 5. The predicted octanol–water partition coefficient (Wildman–Crippen LogP) is 1.93. The quantitative estimate of drug-likeness (QED) is 0.878. The Labute approximate surface area is 123 Å². The Hall–Kier alpha value is -2.37. The number of amides is 1. The number of hydrogen-bond donors (Lipinski definition) is 2. The summed E-state index contributed by atoms with van der Waals surface area (Å²) in [4.78, 5) is 15.5. The van der Waals surface area contributed by atoms with Crippen LogP contribution in [0.25, 0.3) is 0 Å². The Morgan fingerprint density at radius 2 is 2.14 bits per heavy atom. The van der Waals surface area contributed by atoms with Crippen LogP contribution in [0.2, 0.25) is 0 Å². The first-order valence-electron chi connectivity index (χ1n) is 6.76. The molecule has 0 spiro atoms. The molecule has 2 N–H and O–H groups in total. The molecule has 2 rings (SSSR count). The highest BCUT2D eigenvalue weighted by molar-refractivity contribution is 5.73. The largest absolute Gasteiger partial charge is 0.508 e. The fourth-order valence-electron chi connectivity index (χ4n) is 2.07. The molecule has 0 atom stereocenters. The number of aromatic hydroxyl groups is 1. The van der Waals surface area contributed by atoms with E-state index < -0.39 is 5.54 Å². The lowest BCUT2D eigenvalue weighted by Gasteiger charge is -2.20. The Balaban J connectivity index is 2.02. The van der Waals surface area contributed by atoms with Gasteiger partial charge in [-0.05, 0) is 38.0 Å². The van der Waals surface area contributed by atoms with E-state index in [0.29, 0.717) is 24.6 Å². The zero-order valence-electron chi connectivity index (χ0n) is 12.4. The second-order valence-corrected chi connectivity index (χ2v) is 5.49. The van der Waals surface area contributed by atoms with Crippen molar-refractivity contribution in [3.63, 3.8) is 0 Å². The average molecular weight is 289 g/mol. The number of nitrogens with zero attached hydrogens (tertiary/aromatic N) is 2. The third kappa shape index (κ3) is 4.05. The van der Waals surface area contributed by atoms with Crippen LogP contribution in [-0.2, 0) is 23.2 Å². The molecular formula is C15H19N3O3. The molecule has 0 fully saturated rings. The van der Waals surface area contributed by atoms with Crippen molar-refractivity contribution < 1.29 is 14.4 Å². The molecule has 0 aliphatic rings. The molecule has 0 radical (unpaired) electrons. The first-order chi connectivity index (χ1) is 9.87. The van der Waals surface area contributed by atoms with Crippen LogP contribution in [0.1, 0.15) is 38.0 Å². The van der Waals surface area contributed by atoms with Gasteiger partial charge in [0, 0.05) is 13.3 Å². The van der Waals surface area contributed by atoms with E-state index in [9.17, 15) is 9.90 Å². The molecule has 0 saturated carbocycles. The molecule has 2 aromatic rings. The molecule has 0 aliphatic carbocycles. The molecule has 6 nitrogen and oxygen atoms in total. The number of benzene rings is 1. The van der Waals surface area contributed by atoms with Gasteiger partial charge >= 0.3 is 0 Å². The number of aromatic nitrogens is 2. The average Bonchev–Trinajstić information content (AvgIpc) is 2.84. The molecule has 1 aromatic heterocycles. The van der Waals surface area contributed by atoms with Crippen LogP contribution in [-0.4, -0.2) is 21.2 Å². The smallest absolute Gasteiger partial charge is 0.227 e. The number of carbonyl (C=O) groups is 1. The van der Waals surface area contributed by atoms with Crippen molar-refractivity contribution in [2.75, 3.05) is 0 Å². The SMILES string of the molecule is CC(=O)NC(C)(C)c1noc(CCc2cccc(O)c2)n1. The number of aryl methyl sites for hydroxylation is 2. The topological polar surface area (TPSA) is 88.2 Å². The maximum Gasteiger partial charge on any atom is 0.227 e. The van der Waals surface area contributed by atoms with Gasteiger partial charge in [-0.1, -0.05) is 17.3 Å². The lowest BCUT2D eigenvalue weighted by atomic mass is 10.1. The lowest BCUT2D eigenvalue weighted by molar-refractivity contribution is -0.120. The van der Waals surface area contributed by atoms with Gasteiger partial charge in [-0.15, -0.1) is 0 Å². The Kier molecular flexibility index (Phi) is 4.26. The summed E-state index contributed by atoms with van der Waals surface area (Å²) in [6.45, 7) is 5.08. The van der Waals surface area contributed by atoms with Crippen LogP contribution in [0.15, 0.2) is 28.8 Å². The monoisotopic (exact) mass is 289 g/mol. The number of carbonyl (C=O) groups excluding carboxylic acids is 1. The highest BCUT2D eigenvalue weighted by atomic mass is 16.5. The van der Waals surface area contributed by atoms with Gasteiger partial charge in [0.15, 0.2) is 5.82 Å². The minimum atomic E-state index is -0.668. The predicted molar refractivity (Wildman–Crippen MR) is 76.7 cm³/mol. The zero-order chi connectivity index (χ0) is 15.5. The summed E-state index contributed by atoms with van der Waals surface area (Å²) in [7, 11) is 0. The molecule has 21 heavy (non-hydrogen) atoms. The fraction of sp³-hybridized carbons (Fsp3) is 0.400. The highest BCUT2D eigenvalue weighted by Gasteiger charge is 2.27. The van der Waals surface area contributed by atoms with Crippen LogP contribution >= 0.6 is 0 Å². The van der Waals surface area contributed by atoms with Crippen molar-refractivity contribution in [1.82, 2.24) is 15.5 Å². The van der Waals surface area contributed by atoms with Crippen LogP contribution < -0.4 is 5.32 Å². The van der Waals surface area contributed by atoms with Crippen LogP contribution in [0.5, 0.6) is 5.75 Å². The third-order valence-electron chi connectivity index (χ3n) is 3.05. The van der Waals surface area contributed by atoms with Crippen molar-refractivity contribution in [3.8, 4) is 5.75 Å². The number of nitrogens with one attached hydrogen (secondary N) is 1.